The SMILES string of the molecule is CC1CN(C(=O)c2ccc(CNC(=O)NCc3ccnc(N4CCN(C)CC4)c3)cc2)CC(C)O1. The highest BCUT2D eigenvalue weighted by Crippen LogP contribution is 2.16. The molecule has 1 aromatic heterocycles. The van der Waals surface area contributed by atoms with E-state index in [4.69, 9.17) is 4.74 Å². The fraction of sp³-hybridized carbons (Fsp3) is 0.500. The summed E-state index contributed by atoms with van der Waals surface area (Å²) in [5.41, 5.74) is 2.59. The van der Waals surface area contributed by atoms with Crippen molar-refractivity contribution < 1.29 is 14.3 Å². The van der Waals surface area contributed by atoms with Crippen LogP contribution in [0.25, 0.3) is 0 Å². The van der Waals surface area contributed by atoms with Crippen molar-refractivity contribution in [2.24, 2.45) is 0 Å². The van der Waals surface area contributed by atoms with Gasteiger partial charge in [0.05, 0.1) is 12.2 Å². The number of likely N-dealkylation sites (N-methyl/N-ethyl adjacent to an activating group) is 1. The summed E-state index contributed by atoms with van der Waals surface area (Å²) in [6.07, 6.45) is 1.87. The van der Waals surface area contributed by atoms with E-state index >= 15 is 0 Å². The van der Waals surface area contributed by atoms with Gasteiger partial charge in [-0.2, -0.15) is 0 Å². The van der Waals surface area contributed by atoms with Gasteiger partial charge in [0, 0.05) is 64.1 Å². The molecule has 2 N–H and O–H groups in total. The minimum absolute atomic E-state index is 0.0116. The predicted molar refractivity (Wildman–Crippen MR) is 135 cm³/mol. The number of hydrogen-bond acceptors (Lipinski definition) is 6. The molecular formula is C26H36N6O3. The molecular weight excluding hydrogens is 444 g/mol. The van der Waals surface area contributed by atoms with Crippen molar-refractivity contribution in [2.45, 2.75) is 39.1 Å². The van der Waals surface area contributed by atoms with Crippen LogP contribution in [-0.2, 0) is 17.8 Å². The van der Waals surface area contributed by atoms with Gasteiger partial charge in [-0.3, -0.25) is 4.79 Å². The average molecular weight is 481 g/mol. The molecule has 9 nitrogen and oxygen atoms in total. The number of pyridine rings is 1. The van der Waals surface area contributed by atoms with Crippen molar-refractivity contribution in [1.29, 1.82) is 0 Å². The lowest BCUT2D eigenvalue weighted by Gasteiger charge is -2.35. The van der Waals surface area contributed by atoms with Gasteiger partial charge in [-0.25, -0.2) is 9.78 Å². The number of morpholine rings is 1. The van der Waals surface area contributed by atoms with Gasteiger partial charge in [-0.15, -0.1) is 0 Å². The summed E-state index contributed by atoms with van der Waals surface area (Å²) in [5, 5.41) is 5.79. The molecule has 3 heterocycles. The van der Waals surface area contributed by atoms with Crippen LogP contribution in [-0.4, -0.2) is 85.2 Å². The molecule has 0 saturated carbocycles. The van der Waals surface area contributed by atoms with Crippen molar-refractivity contribution in [1.82, 2.24) is 25.4 Å². The number of rotatable bonds is 6. The molecule has 0 radical (unpaired) electrons. The molecule has 35 heavy (non-hydrogen) atoms. The third kappa shape index (κ3) is 6.93. The standard InChI is InChI=1S/C26H36N6O3/c1-19-17-32(18-20(2)35-19)25(33)23-6-4-21(5-7-23)15-28-26(34)29-16-22-8-9-27-24(14-22)31-12-10-30(3)11-13-31/h4-9,14,19-20H,10-13,15-18H2,1-3H3,(H2,28,29,34). The van der Waals surface area contributed by atoms with Crippen molar-refractivity contribution in [3.8, 4) is 0 Å². The first-order valence-corrected chi connectivity index (χ1v) is 12.3. The van der Waals surface area contributed by atoms with E-state index in [1.54, 1.807) is 6.20 Å². The van der Waals surface area contributed by atoms with Crippen LogP contribution in [0.4, 0.5) is 10.6 Å². The molecule has 4 rings (SSSR count). The summed E-state index contributed by atoms with van der Waals surface area (Å²) in [6.45, 7) is 9.93. The highest BCUT2D eigenvalue weighted by Gasteiger charge is 2.26. The van der Waals surface area contributed by atoms with Gasteiger partial charge in [0.25, 0.3) is 5.91 Å². The lowest BCUT2D eigenvalue weighted by atomic mass is 10.1. The molecule has 2 unspecified atom stereocenters. The quantitative estimate of drug-likeness (QED) is 0.658. The van der Waals surface area contributed by atoms with E-state index < -0.39 is 0 Å². The first-order chi connectivity index (χ1) is 16.9. The van der Waals surface area contributed by atoms with E-state index in [1.807, 2.05) is 55.1 Å². The summed E-state index contributed by atoms with van der Waals surface area (Å²) in [7, 11) is 2.13. The van der Waals surface area contributed by atoms with Crippen molar-refractivity contribution in [2.75, 3.05) is 51.2 Å². The second kappa shape index (κ2) is 11.5. The fourth-order valence-corrected chi connectivity index (χ4v) is 4.50. The number of anilines is 1. The Bertz CT molecular complexity index is 996. The van der Waals surface area contributed by atoms with Crippen molar-refractivity contribution in [3.05, 3.63) is 59.3 Å². The Morgan fingerprint density at radius 2 is 1.57 bits per heavy atom. The molecule has 188 valence electrons. The van der Waals surface area contributed by atoms with Crippen LogP contribution < -0.4 is 15.5 Å². The number of nitrogens with zero attached hydrogens (tertiary/aromatic N) is 4. The zero-order chi connectivity index (χ0) is 24.8. The van der Waals surface area contributed by atoms with Crippen LogP contribution in [0.5, 0.6) is 0 Å². The molecule has 2 aliphatic rings. The number of carbonyl (C=O) groups is 2. The molecule has 2 aliphatic heterocycles. The number of piperazine rings is 1. The lowest BCUT2D eigenvalue weighted by Crippen LogP contribution is -2.48. The van der Waals surface area contributed by atoms with Gasteiger partial charge >= 0.3 is 6.03 Å². The molecule has 0 bridgehead atoms. The van der Waals surface area contributed by atoms with Gasteiger partial charge in [-0.1, -0.05) is 12.1 Å². The Morgan fingerprint density at radius 3 is 2.23 bits per heavy atom. The number of benzene rings is 1. The van der Waals surface area contributed by atoms with Crippen LogP contribution in [0.3, 0.4) is 0 Å². The maximum atomic E-state index is 12.8. The summed E-state index contributed by atoms with van der Waals surface area (Å²) in [6, 6.07) is 11.1. The molecule has 1 aromatic carbocycles. The summed E-state index contributed by atoms with van der Waals surface area (Å²) in [4.78, 5) is 36.1. The third-order valence-electron chi connectivity index (χ3n) is 6.45. The topological polar surface area (TPSA) is 90.0 Å². The number of nitrogens with one attached hydrogen (secondary N) is 2. The van der Waals surface area contributed by atoms with Crippen LogP contribution in [0.1, 0.15) is 35.3 Å². The largest absolute Gasteiger partial charge is 0.372 e. The van der Waals surface area contributed by atoms with Crippen LogP contribution in [0.2, 0.25) is 0 Å². The molecule has 2 aromatic rings. The molecule has 0 aliphatic carbocycles. The monoisotopic (exact) mass is 480 g/mol. The normalized spacial score (nSPS) is 21.0. The van der Waals surface area contributed by atoms with E-state index in [-0.39, 0.29) is 24.1 Å². The lowest BCUT2D eigenvalue weighted by molar-refractivity contribution is -0.0586. The number of ether oxygens (including phenoxy) is 1. The zero-order valence-corrected chi connectivity index (χ0v) is 20.9. The summed E-state index contributed by atoms with van der Waals surface area (Å²) >= 11 is 0. The Balaban J connectivity index is 1.23. The van der Waals surface area contributed by atoms with Crippen molar-refractivity contribution >= 4 is 17.8 Å². The van der Waals surface area contributed by atoms with Crippen LogP contribution in [0, 0.1) is 0 Å². The second-order valence-corrected chi connectivity index (χ2v) is 9.51. The molecule has 2 saturated heterocycles. The highest BCUT2D eigenvalue weighted by atomic mass is 16.5. The Kier molecular flexibility index (Phi) is 8.20. The highest BCUT2D eigenvalue weighted by molar-refractivity contribution is 5.94. The number of urea groups is 1. The number of carbonyl (C=O) groups excluding carboxylic acids is 2. The molecule has 9 heteroatoms. The second-order valence-electron chi connectivity index (χ2n) is 9.51. The Labute approximate surface area is 207 Å². The summed E-state index contributed by atoms with van der Waals surface area (Å²) < 4.78 is 5.71. The molecule has 2 atom stereocenters. The van der Waals surface area contributed by atoms with E-state index in [0.29, 0.717) is 31.7 Å². The maximum Gasteiger partial charge on any atom is 0.315 e. The zero-order valence-electron chi connectivity index (χ0n) is 20.9. The van der Waals surface area contributed by atoms with E-state index in [9.17, 15) is 9.59 Å². The molecule has 0 spiro atoms. The third-order valence-corrected chi connectivity index (χ3v) is 6.45. The fourth-order valence-electron chi connectivity index (χ4n) is 4.50. The van der Waals surface area contributed by atoms with Gasteiger partial charge in [0.15, 0.2) is 0 Å². The van der Waals surface area contributed by atoms with Crippen LogP contribution >= 0.6 is 0 Å². The molecule has 3 amide bonds. The maximum absolute atomic E-state index is 12.8. The minimum atomic E-state index is -0.237. The van der Waals surface area contributed by atoms with Crippen LogP contribution in [0.15, 0.2) is 42.6 Å². The van der Waals surface area contributed by atoms with Crippen molar-refractivity contribution in [3.63, 3.8) is 0 Å². The first kappa shape index (κ1) is 24.9. The summed E-state index contributed by atoms with van der Waals surface area (Å²) in [5.74, 6) is 0.964. The molecule has 2 fully saturated rings. The van der Waals surface area contributed by atoms with Gasteiger partial charge in [0.1, 0.15) is 5.82 Å². The van der Waals surface area contributed by atoms with E-state index in [0.717, 1.165) is 43.1 Å². The smallest absolute Gasteiger partial charge is 0.315 e. The predicted octanol–water partition coefficient (Wildman–Crippen LogP) is 2.08. The first-order valence-electron chi connectivity index (χ1n) is 12.3. The number of amides is 3. The Hall–Kier alpha value is -3.17. The Morgan fingerprint density at radius 1 is 0.943 bits per heavy atom. The van der Waals surface area contributed by atoms with Gasteiger partial charge in [-0.05, 0) is 56.3 Å². The van der Waals surface area contributed by atoms with E-state index in [2.05, 4.69) is 32.5 Å². The number of aromatic nitrogens is 1. The van der Waals surface area contributed by atoms with Gasteiger partial charge in [0.2, 0.25) is 0 Å². The van der Waals surface area contributed by atoms with E-state index in [1.165, 1.54) is 0 Å². The minimum Gasteiger partial charge on any atom is -0.372 e. The average Bonchev–Trinajstić information content (AvgIpc) is 2.86. The number of hydrogen-bond donors (Lipinski definition) is 2. The van der Waals surface area contributed by atoms with Gasteiger partial charge < -0.3 is 30.1 Å².